The Hall–Kier alpha value is -4.06. The molecule has 2 aliphatic heterocycles. The second kappa shape index (κ2) is 8.71. The second-order valence-electron chi connectivity index (χ2n) is 8.77. The van der Waals surface area contributed by atoms with Gasteiger partial charge in [-0.15, -0.1) is 0 Å². The maximum absolute atomic E-state index is 13.2. The van der Waals surface area contributed by atoms with E-state index < -0.39 is 17.7 Å². The summed E-state index contributed by atoms with van der Waals surface area (Å²) in [7, 11) is 0. The van der Waals surface area contributed by atoms with E-state index >= 15 is 0 Å². The molecule has 34 heavy (non-hydrogen) atoms. The number of benzene rings is 3. The van der Waals surface area contributed by atoms with Crippen LogP contribution in [0.1, 0.15) is 35.2 Å². The SMILES string of the molecule is C[C@@H]1Cc2cc(/C(O)=C3\C(=O)C(=O)N(CCc4ccccc4)[C@@H]3c3ccc(O)cc3)ccc2O1. The predicted molar refractivity (Wildman–Crippen MR) is 127 cm³/mol. The number of carbonyl (C=O) groups excluding carboxylic acids is 2. The van der Waals surface area contributed by atoms with Crippen molar-refractivity contribution in [2.45, 2.75) is 31.9 Å². The summed E-state index contributed by atoms with van der Waals surface area (Å²) in [6, 6.07) is 20.7. The van der Waals surface area contributed by atoms with Crippen LogP contribution < -0.4 is 4.74 Å². The quantitative estimate of drug-likeness (QED) is 0.339. The molecule has 6 nitrogen and oxygen atoms in total. The number of aliphatic hydroxyl groups excluding tert-OH is 1. The lowest BCUT2D eigenvalue weighted by Gasteiger charge is -2.25. The number of Topliss-reactive ketones (excluding diaryl/α,β-unsaturated/α-hetero) is 1. The fraction of sp³-hybridized carbons (Fsp3) is 0.214. The largest absolute Gasteiger partial charge is 0.508 e. The highest BCUT2D eigenvalue weighted by Gasteiger charge is 2.45. The van der Waals surface area contributed by atoms with Gasteiger partial charge >= 0.3 is 0 Å². The van der Waals surface area contributed by atoms with Crippen molar-refractivity contribution in [1.29, 1.82) is 0 Å². The summed E-state index contributed by atoms with van der Waals surface area (Å²) in [5.41, 5.74) is 3.17. The van der Waals surface area contributed by atoms with Gasteiger partial charge in [0.25, 0.3) is 11.7 Å². The third kappa shape index (κ3) is 3.92. The number of likely N-dealkylation sites (tertiary alicyclic amines) is 1. The van der Waals surface area contributed by atoms with Crippen molar-refractivity contribution in [2.75, 3.05) is 6.54 Å². The van der Waals surface area contributed by atoms with Crippen LogP contribution in [0.15, 0.2) is 78.4 Å². The summed E-state index contributed by atoms with van der Waals surface area (Å²) in [6.45, 7) is 2.29. The number of rotatable bonds is 5. The number of aromatic hydroxyl groups is 1. The molecular formula is C28H25NO5. The molecule has 172 valence electrons. The molecule has 2 heterocycles. The molecule has 0 bridgehead atoms. The van der Waals surface area contributed by atoms with Crippen LogP contribution in [0, 0.1) is 0 Å². The molecule has 1 saturated heterocycles. The van der Waals surface area contributed by atoms with Gasteiger partial charge in [0.15, 0.2) is 0 Å². The summed E-state index contributed by atoms with van der Waals surface area (Å²) in [4.78, 5) is 27.8. The molecule has 1 amide bonds. The number of amides is 1. The fourth-order valence-corrected chi connectivity index (χ4v) is 4.73. The molecule has 1 fully saturated rings. The minimum absolute atomic E-state index is 0.0490. The Labute approximate surface area is 197 Å². The summed E-state index contributed by atoms with van der Waals surface area (Å²) < 4.78 is 5.75. The normalized spacial score (nSPS) is 20.9. The highest BCUT2D eigenvalue weighted by molar-refractivity contribution is 6.46. The number of ketones is 1. The van der Waals surface area contributed by atoms with Crippen molar-refractivity contribution in [3.05, 3.63) is 101 Å². The maximum Gasteiger partial charge on any atom is 0.295 e. The maximum atomic E-state index is 13.2. The minimum atomic E-state index is -0.757. The number of phenols is 1. The van der Waals surface area contributed by atoms with Gasteiger partial charge in [-0.25, -0.2) is 0 Å². The first kappa shape index (κ1) is 21.8. The Balaban J connectivity index is 1.57. The Morgan fingerprint density at radius 3 is 2.50 bits per heavy atom. The molecule has 2 N–H and O–H groups in total. The van der Waals surface area contributed by atoms with E-state index in [1.165, 1.54) is 17.0 Å². The van der Waals surface area contributed by atoms with Crippen molar-refractivity contribution in [2.24, 2.45) is 0 Å². The van der Waals surface area contributed by atoms with Crippen LogP contribution in [-0.2, 0) is 22.4 Å². The van der Waals surface area contributed by atoms with Crippen LogP contribution >= 0.6 is 0 Å². The number of nitrogens with zero attached hydrogens (tertiary/aromatic N) is 1. The molecule has 2 atom stereocenters. The van der Waals surface area contributed by atoms with Crippen molar-refractivity contribution >= 4 is 17.4 Å². The molecule has 0 aromatic heterocycles. The van der Waals surface area contributed by atoms with E-state index in [2.05, 4.69) is 0 Å². The predicted octanol–water partition coefficient (Wildman–Crippen LogP) is 4.38. The Bertz CT molecular complexity index is 1280. The molecule has 6 heteroatoms. The van der Waals surface area contributed by atoms with Crippen molar-refractivity contribution in [3.8, 4) is 11.5 Å². The van der Waals surface area contributed by atoms with Crippen molar-refractivity contribution < 1.29 is 24.5 Å². The van der Waals surface area contributed by atoms with E-state index in [1.54, 1.807) is 24.3 Å². The first-order valence-corrected chi connectivity index (χ1v) is 11.3. The molecule has 0 unspecified atom stereocenters. The summed E-state index contributed by atoms with van der Waals surface area (Å²) >= 11 is 0. The summed E-state index contributed by atoms with van der Waals surface area (Å²) in [5.74, 6) is -0.719. The average molecular weight is 456 g/mol. The number of ether oxygens (including phenoxy) is 1. The van der Waals surface area contributed by atoms with Gasteiger partial charge in [0, 0.05) is 18.5 Å². The Morgan fingerprint density at radius 1 is 1.03 bits per heavy atom. The zero-order valence-corrected chi connectivity index (χ0v) is 18.8. The number of fused-ring (bicyclic) bond motifs is 1. The molecule has 3 aromatic rings. The molecular weight excluding hydrogens is 430 g/mol. The first-order valence-electron chi connectivity index (χ1n) is 11.3. The third-order valence-corrected chi connectivity index (χ3v) is 6.40. The summed E-state index contributed by atoms with van der Waals surface area (Å²) in [5, 5.41) is 21.0. The van der Waals surface area contributed by atoms with Crippen LogP contribution in [-0.4, -0.2) is 39.5 Å². The zero-order chi connectivity index (χ0) is 23.8. The van der Waals surface area contributed by atoms with Crippen LogP contribution in [0.2, 0.25) is 0 Å². The van der Waals surface area contributed by atoms with Gasteiger partial charge in [-0.1, -0.05) is 42.5 Å². The van der Waals surface area contributed by atoms with Crippen LogP contribution in [0.25, 0.3) is 5.76 Å². The van der Waals surface area contributed by atoms with E-state index in [-0.39, 0.29) is 23.2 Å². The zero-order valence-electron chi connectivity index (χ0n) is 18.8. The van der Waals surface area contributed by atoms with Crippen molar-refractivity contribution in [1.82, 2.24) is 4.90 Å². The highest BCUT2D eigenvalue weighted by atomic mass is 16.5. The third-order valence-electron chi connectivity index (χ3n) is 6.40. The van der Waals surface area contributed by atoms with Crippen molar-refractivity contribution in [3.63, 3.8) is 0 Å². The van der Waals surface area contributed by atoms with E-state index in [0.717, 1.165) is 16.9 Å². The lowest BCUT2D eigenvalue weighted by Crippen LogP contribution is -2.31. The van der Waals surface area contributed by atoms with Gasteiger partial charge in [0.1, 0.15) is 23.4 Å². The monoisotopic (exact) mass is 455 g/mol. The second-order valence-corrected chi connectivity index (χ2v) is 8.77. The van der Waals surface area contributed by atoms with E-state index in [9.17, 15) is 19.8 Å². The minimum Gasteiger partial charge on any atom is -0.508 e. The molecule has 0 radical (unpaired) electrons. The van der Waals surface area contributed by atoms with E-state index in [0.29, 0.717) is 30.5 Å². The van der Waals surface area contributed by atoms with Gasteiger partial charge in [0.2, 0.25) is 0 Å². The molecule has 0 spiro atoms. The lowest BCUT2D eigenvalue weighted by molar-refractivity contribution is -0.139. The van der Waals surface area contributed by atoms with Crippen LogP contribution in [0.5, 0.6) is 11.5 Å². The Morgan fingerprint density at radius 2 is 1.76 bits per heavy atom. The van der Waals surface area contributed by atoms with Crippen LogP contribution in [0.4, 0.5) is 0 Å². The van der Waals surface area contributed by atoms with Gasteiger partial charge in [0.05, 0.1) is 11.6 Å². The fourth-order valence-electron chi connectivity index (χ4n) is 4.73. The number of hydrogen-bond acceptors (Lipinski definition) is 5. The van der Waals surface area contributed by atoms with Gasteiger partial charge in [-0.2, -0.15) is 0 Å². The van der Waals surface area contributed by atoms with Gasteiger partial charge < -0.3 is 19.8 Å². The number of aliphatic hydroxyl groups is 1. The van der Waals surface area contributed by atoms with E-state index in [1.807, 2.05) is 43.3 Å². The average Bonchev–Trinajstić information content (AvgIpc) is 3.34. The standard InChI is InChI=1S/C28H25NO5/c1-17-15-21-16-20(9-12-23(21)34-17)26(31)24-25(19-7-10-22(30)11-8-19)29(28(33)27(24)32)14-13-18-5-3-2-4-6-18/h2-12,16-17,25,30-31H,13-15H2,1H3/b26-24+/t17-,25-/m1/s1. The topological polar surface area (TPSA) is 87.1 Å². The Kier molecular flexibility index (Phi) is 5.57. The highest BCUT2D eigenvalue weighted by Crippen LogP contribution is 2.41. The first-order chi connectivity index (χ1) is 16.4. The number of hydrogen-bond donors (Lipinski definition) is 2. The lowest BCUT2D eigenvalue weighted by atomic mass is 9.94. The molecule has 0 aliphatic carbocycles. The number of carbonyl (C=O) groups is 2. The van der Waals surface area contributed by atoms with E-state index in [4.69, 9.17) is 4.74 Å². The molecule has 3 aromatic carbocycles. The molecule has 5 rings (SSSR count). The van der Waals surface area contributed by atoms with Crippen LogP contribution in [0.3, 0.4) is 0 Å². The molecule has 2 aliphatic rings. The van der Waals surface area contributed by atoms with Gasteiger partial charge in [-0.05, 0) is 60.4 Å². The smallest absolute Gasteiger partial charge is 0.295 e. The van der Waals surface area contributed by atoms with Gasteiger partial charge in [-0.3, -0.25) is 9.59 Å². The number of phenolic OH excluding ortho intramolecular Hbond substituents is 1. The summed E-state index contributed by atoms with van der Waals surface area (Å²) in [6.07, 6.45) is 1.33. The molecule has 0 saturated carbocycles.